The van der Waals surface area contributed by atoms with Crippen LogP contribution in [0.3, 0.4) is 0 Å². The van der Waals surface area contributed by atoms with Crippen LogP contribution in [0, 0.1) is 11.7 Å². The highest BCUT2D eigenvalue weighted by atomic mass is 32.2. The number of hydrogen-bond donors (Lipinski definition) is 1. The molecular weight excluding hydrogens is 479 g/mol. The van der Waals surface area contributed by atoms with Crippen molar-refractivity contribution < 1.29 is 37.0 Å². The summed E-state index contributed by atoms with van der Waals surface area (Å²) in [5, 5.41) is 10.9. The van der Waals surface area contributed by atoms with Gasteiger partial charge in [0.2, 0.25) is 0 Å². The number of hydroxylamine groups is 1. The zero-order valence-corrected chi connectivity index (χ0v) is 20.2. The summed E-state index contributed by atoms with van der Waals surface area (Å²) in [6.45, 7) is 3.84. The van der Waals surface area contributed by atoms with Crippen LogP contribution in [0.4, 0.5) is 4.39 Å². The Bertz CT molecular complexity index is 1180. The molecule has 1 heterocycles. The van der Waals surface area contributed by atoms with E-state index in [-0.39, 0.29) is 47.4 Å². The van der Waals surface area contributed by atoms with E-state index in [1.54, 1.807) is 6.08 Å². The van der Waals surface area contributed by atoms with E-state index in [0.29, 0.717) is 22.3 Å². The molecule has 0 spiro atoms. The summed E-state index contributed by atoms with van der Waals surface area (Å²) in [5.41, 5.74) is 0.218. The zero-order valence-electron chi connectivity index (χ0n) is 19.3. The Kier molecular flexibility index (Phi) is 7.53. The standard InChI is InChI=1S/C24H27FN2O7S/c1-16(2)11-12-26(27(29)24(28)17-13-22-23(14-17)33-15-32-22)35(30,31)21-9-7-20(8-10-21)34-19-5-3-18(25)4-6-19/h3-10,13,16,22-23,29H,11-12,14-15H2,1-2H3. The van der Waals surface area contributed by atoms with Crippen molar-refractivity contribution in [1.82, 2.24) is 9.59 Å². The maximum absolute atomic E-state index is 13.4. The first-order valence-electron chi connectivity index (χ1n) is 11.2. The Labute approximate surface area is 203 Å². The number of halogens is 1. The molecule has 1 saturated heterocycles. The number of sulfonamides is 1. The second kappa shape index (κ2) is 10.4. The highest BCUT2D eigenvalue weighted by Crippen LogP contribution is 2.31. The summed E-state index contributed by atoms with van der Waals surface area (Å²) in [6, 6.07) is 10.9. The molecule has 0 bridgehead atoms. The van der Waals surface area contributed by atoms with Crippen molar-refractivity contribution in [1.29, 1.82) is 0 Å². The molecule has 1 fully saturated rings. The zero-order chi connectivity index (χ0) is 25.2. The number of hydrogen-bond acceptors (Lipinski definition) is 7. The number of fused-ring (bicyclic) bond motifs is 1. The number of benzene rings is 2. The van der Waals surface area contributed by atoms with Crippen LogP contribution in [-0.4, -0.2) is 54.7 Å². The summed E-state index contributed by atoms with van der Waals surface area (Å²) in [6.07, 6.45) is 1.46. The number of nitrogens with zero attached hydrogens (tertiary/aromatic N) is 2. The highest BCUT2D eigenvalue weighted by molar-refractivity contribution is 7.89. The molecule has 9 nitrogen and oxygen atoms in total. The van der Waals surface area contributed by atoms with Crippen LogP contribution in [0.25, 0.3) is 0 Å². The predicted octanol–water partition coefficient (Wildman–Crippen LogP) is 3.86. The molecule has 2 atom stereocenters. The van der Waals surface area contributed by atoms with Gasteiger partial charge in [-0.2, -0.15) is 0 Å². The monoisotopic (exact) mass is 506 g/mol. The molecule has 1 aliphatic heterocycles. The largest absolute Gasteiger partial charge is 0.457 e. The molecule has 0 aromatic heterocycles. The Morgan fingerprint density at radius 1 is 1.11 bits per heavy atom. The highest BCUT2D eigenvalue weighted by Gasteiger charge is 2.40. The lowest BCUT2D eigenvalue weighted by atomic mass is 10.1. The van der Waals surface area contributed by atoms with Crippen LogP contribution in [0.15, 0.2) is 65.1 Å². The first-order valence-corrected chi connectivity index (χ1v) is 12.6. The van der Waals surface area contributed by atoms with Crippen LogP contribution >= 0.6 is 0 Å². The van der Waals surface area contributed by atoms with Crippen molar-refractivity contribution in [3.05, 3.63) is 66.0 Å². The van der Waals surface area contributed by atoms with Gasteiger partial charge in [0.15, 0.2) is 0 Å². The van der Waals surface area contributed by atoms with Gasteiger partial charge < -0.3 is 14.2 Å². The summed E-state index contributed by atoms with van der Waals surface area (Å²) in [7, 11) is -4.29. The fraction of sp³-hybridized carbons (Fsp3) is 0.375. The summed E-state index contributed by atoms with van der Waals surface area (Å²) >= 11 is 0. The Morgan fingerprint density at radius 3 is 2.34 bits per heavy atom. The van der Waals surface area contributed by atoms with Crippen LogP contribution in [0.5, 0.6) is 11.5 Å². The quantitative estimate of drug-likeness (QED) is 0.407. The summed E-state index contributed by atoms with van der Waals surface area (Å²) in [5.74, 6) is -0.413. The molecule has 188 valence electrons. The second-order valence-corrected chi connectivity index (χ2v) is 10.5. The fourth-order valence-electron chi connectivity index (χ4n) is 3.73. The lowest BCUT2D eigenvalue weighted by Gasteiger charge is -2.29. The minimum atomic E-state index is -4.29. The average molecular weight is 507 g/mol. The smallest absolute Gasteiger partial charge is 0.289 e. The van der Waals surface area contributed by atoms with Crippen LogP contribution in [0.1, 0.15) is 26.7 Å². The first-order chi connectivity index (χ1) is 16.6. The summed E-state index contributed by atoms with van der Waals surface area (Å²) < 4.78 is 57.0. The van der Waals surface area contributed by atoms with Gasteiger partial charge in [-0.25, -0.2) is 12.8 Å². The van der Waals surface area contributed by atoms with Crippen LogP contribution in [0.2, 0.25) is 0 Å². The molecule has 2 aromatic carbocycles. The minimum Gasteiger partial charge on any atom is -0.457 e. The van der Waals surface area contributed by atoms with Gasteiger partial charge in [0.1, 0.15) is 30.2 Å². The van der Waals surface area contributed by atoms with E-state index in [2.05, 4.69) is 0 Å². The fourth-order valence-corrected chi connectivity index (χ4v) is 5.08. The Balaban J connectivity index is 1.54. The number of amides is 1. The lowest BCUT2D eigenvalue weighted by Crippen LogP contribution is -2.48. The van der Waals surface area contributed by atoms with Gasteiger partial charge in [0, 0.05) is 18.5 Å². The third-order valence-corrected chi connectivity index (χ3v) is 7.47. The van der Waals surface area contributed by atoms with Gasteiger partial charge in [-0.3, -0.25) is 10.0 Å². The molecular formula is C24H27FN2O7S. The number of carbonyl (C=O) groups excluding carboxylic acids is 1. The molecule has 0 saturated carbocycles. The van der Waals surface area contributed by atoms with E-state index in [1.807, 2.05) is 13.8 Å². The molecule has 0 radical (unpaired) electrons. The van der Waals surface area contributed by atoms with Crippen molar-refractivity contribution in [3.8, 4) is 11.5 Å². The molecule has 4 rings (SSSR count). The van der Waals surface area contributed by atoms with Crippen molar-refractivity contribution in [2.45, 2.75) is 43.8 Å². The molecule has 2 aromatic rings. The Hall–Kier alpha value is -2.83. The van der Waals surface area contributed by atoms with Gasteiger partial charge in [-0.15, -0.1) is 5.17 Å². The molecule has 1 amide bonds. The van der Waals surface area contributed by atoms with Gasteiger partial charge in [-0.05, 0) is 66.9 Å². The number of carbonyl (C=O) groups is 1. The van der Waals surface area contributed by atoms with Crippen molar-refractivity contribution in [2.75, 3.05) is 13.3 Å². The maximum atomic E-state index is 13.4. The number of hydrazine groups is 1. The minimum absolute atomic E-state index is 0.108. The van der Waals surface area contributed by atoms with Gasteiger partial charge >= 0.3 is 0 Å². The lowest BCUT2D eigenvalue weighted by molar-refractivity contribution is -0.207. The second-order valence-electron chi connectivity index (χ2n) is 8.71. The third-order valence-electron chi connectivity index (χ3n) is 5.71. The SMILES string of the molecule is CC(C)CCN(N(O)C(=O)C1=CC2OCOC2C1)S(=O)(=O)c1ccc(Oc2ccc(F)cc2)cc1. The number of ether oxygens (including phenoxy) is 3. The van der Waals surface area contributed by atoms with Crippen molar-refractivity contribution in [3.63, 3.8) is 0 Å². The normalized spacial score (nSPS) is 19.7. The average Bonchev–Trinajstić information content (AvgIpc) is 3.43. The molecule has 2 aliphatic rings. The molecule has 35 heavy (non-hydrogen) atoms. The maximum Gasteiger partial charge on any atom is 0.289 e. The van der Waals surface area contributed by atoms with E-state index in [1.165, 1.54) is 48.5 Å². The van der Waals surface area contributed by atoms with Crippen LogP contribution < -0.4 is 4.74 Å². The van der Waals surface area contributed by atoms with Crippen molar-refractivity contribution >= 4 is 15.9 Å². The molecule has 1 N–H and O–H groups in total. The van der Waals surface area contributed by atoms with E-state index in [0.717, 1.165) is 0 Å². The summed E-state index contributed by atoms with van der Waals surface area (Å²) in [4.78, 5) is 12.8. The molecule has 1 aliphatic carbocycles. The third kappa shape index (κ3) is 5.71. The molecule has 2 unspecified atom stereocenters. The topological polar surface area (TPSA) is 106 Å². The molecule has 11 heteroatoms. The van der Waals surface area contributed by atoms with E-state index >= 15 is 0 Å². The van der Waals surface area contributed by atoms with E-state index in [4.69, 9.17) is 14.2 Å². The van der Waals surface area contributed by atoms with Crippen LogP contribution in [-0.2, 0) is 24.3 Å². The predicted molar refractivity (Wildman–Crippen MR) is 122 cm³/mol. The first kappa shape index (κ1) is 25.3. The van der Waals surface area contributed by atoms with Gasteiger partial charge in [-0.1, -0.05) is 18.3 Å². The van der Waals surface area contributed by atoms with E-state index in [9.17, 15) is 22.8 Å². The van der Waals surface area contributed by atoms with Gasteiger partial charge in [0.25, 0.3) is 15.9 Å². The van der Waals surface area contributed by atoms with Gasteiger partial charge in [0.05, 0.1) is 11.0 Å². The van der Waals surface area contributed by atoms with E-state index < -0.39 is 27.9 Å². The Morgan fingerprint density at radius 2 is 1.74 bits per heavy atom. The van der Waals surface area contributed by atoms with Crippen molar-refractivity contribution in [2.24, 2.45) is 5.92 Å². The number of rotatable bonds is 9.